The summed E-state index contributed by atoms with van der Waals surface area (Å²) in [5, 5.41) is 7.24. The average molecular weight is 326 g/mol. The molecule has 0 atom stereocenters. The minimum Gasteiger partial charge on any atom is -0.349 e. The monoisotopic (exact) mass is 326 g/mol. The normalized spacial score (nSPS) is 10.4. The van der Waals surface area contributed by atoms with Crippen LogP contribution in [0.3, 0.4) is 0 Å². The fourth-order valence-electron chi connectivity index (χ4n) is 2.12. The molecule has 0 radical (unpaired) electrons. The number of hydrogen-bond donors (Lipinski definition) is 2. The Morgan fingerprint density at radius 1 is 1.30 bits per heavy atom. The molecule has 0 saturated carbocycles. The molecule has 0 saturated heterocycles. The van der Waals surface area contributed by atoms with Crippen LogP contribution in [0.25, 0.3) is 4.83 Å². The van der Waals surface area contributed by atoms with Gasteiger partial charge in [0.25, 0.3) is 11.8 Å². The molecule has 2 N–H and O–H groups in total. The largest absolute Gasteiger partial charge is 0.349 e. The van der Waals surface area contributed by atoms with Crippen LogP contribution in [-0.4, -0.2) is 27.7 Å². The molecule has 0 aliphatic rings. The fraction of sp³-hybridized carbons (Fsp3) is 0.0625. The first kappa shape index (κ1) is 15.0. The Bertz CT molecular complexity index is 881. The van der Waals surface area contributed by atoms with Gasteiger partial charge in [0.2, 0.25) is 0 Å². The third-order valence-electron chi connectivity index (χ3n) is 3.21. The van der Waals surface area contributed by atoms with Crippen LogP contribution in [0.5, 0.6) is 0 Å². The van der Waals surface area contributed by atoms with Crippen molar-refractivity contribution in [1.29, 1.82) is 0 Å². The van der Waals surface area contributed by atoms with E-state index in [9.17, 15) is 9.59 Å². The van der Waals surface area contributed by atoms with Gasteiger partial charge in [0.15, 0.2) is 0 Å². The van der Waals surface area contributed by atoms with Gasteiger partial charge in [0, 0.05) is 11.9 Å². The number of anilines is 1. The van der Waals surface area contributed by atoms with Gasteiger partial charge in [-0.05, 0) is 12.1 Å². The summed E-state index contributed by atoms with van der Waals surface area (Å²) in [5.41, 5.74) is 1.34. The van der Waals surface area contributed by atoms with Crippen molar-refractivity contribution < 1.29 is 9.59 Å². The minimum absolute atomic E-state index is 0.265. The second-order valence-electron chi connectivity index (χ2n) is 4.72. The standard InChI is InChI=1S/C16H14N4O2S/c1-2-7-18-15(21)11-5-3-4-6-12(11)19-16(22)13-9-23-14-8-17-10-20(13)14/h2-6,8-10H,1,7H2,(H,18,21)(H,19,22). The lowest BCUT2D eigenvalue weighted by Crippen LogP contribution is -2.25. The summed E-state index contributed by atoms with van der Waals surface area (Å²) in [7, 11) is 0. The van der Waals surface area contributed by atoms with Crippen LogP contribution in [0.4, 0.5) is 5.69 Å². The molecule has 0 aliphatic heterocycles. The van der Waals surface area contributed by atoms with Crippen molar-refractivity contribution in [2.24, 2.45) is 0 Å². The van der Waals surface area contributed by atoms with E-state index in [2.05, 4.69) is 22.2 Å². The molecule has 0 aliphatic carbocycles. The van der Waals surface area contributed by atoms with E-state index in [0.29, 0.717) is 23.5 Å². The summed E-state index contributed by atoms with van der Waals surface area (Å²) in [4.78, 5) is 29.5. The van der Waals surface area contributed by atoms with Gasteiger partial charge in [-0.3, -0.25) is 14.0 Å². The maximum atomic E-state index is 12.5. The summed E-state index contributed by atoms with van der Waals surface area (Å²) in [6.45, 7) is 3.93. The third-order valence-corrected chi connectivity index (χ3v) is 4.10. The Morgan fingerprint density at radius 2 is 2.13 bits per heavy atom. The second-order valence-corrected chi connectivity index (χ2v) is 5.61. The highest BCUT2D eigenvalue weighted by atomic mass is 32.1. The lowest BCUT2D eigenvalue weighted by atomic mass is 10.1. The van der Waals surface area contributed by atoms with Crippen LogP contribution in [-0.2, 0) is 0 Å². The van der Waals surface area contributed by atoms with E-state index in [1.165, 1.54) is 11.3 Å². The molecular formula is C16H14N4O2S. The topological polar surface area (TPSA) is 75.5 Å². The van der Waals surface area contributed by atoms with Gasteiger partial charge in [-0.2, -0.15) is 0 Å². The highest BCUT2D eigenvalue weighted by molar-refractivity contribution is 7.15. The van der Waals surface area contributed by atoms with Crippen molar-refractivity contribution in [3.63, 3.8) is 0 Å². The number of thiazole rings is 1. The third kappa shape index (κ3) is 3.00. The van der Waals surface area contributed by atoms with Crippen LogP contribution >= 0.6 is 11.3 Å². The maximum absolute atomic E-state index is 12.5. The Hall–Kier alpha value is -2.93. The average Bonchev–Trinajstić information content (AvgIpc) is 3.16. The number of benzene rings is 1. The van der Waals surface area contributed by atoms with Crippen LogP contribution in [0.15, 0.2) is 54.8 Å². The molecule has 0 fully saturated rings. The number of aromatic nitrogens is 2. The Balaban J connectivity index is 1.85. The molecule has 116 valence electrons. The lowest BCUT2D eigenvalue weighted by molar-refractivity contribution is 0.0959. The Kier molecular flexibility index (Phi) is 4.20. The summed E-state index contributed by atoms with van der Waals surface area (Å²) in [6, 6.07) is 6.87. The van der Waals surface area contributed by atoms with Gasteiger partial charge in [0.05, 0.1) is 17.4 Å². The molecule has 0 bridgehead atoms. The van der Waals surface area contributed by atoms with Gasteiger partial charge in [-0.15, -0.1) is 17.9 Å². The highest BCUT2D eigenvalue weighted by Gasteiger charge is 2.16. The number of carbonyl (C=O) groups excluding carboxylic acids is 2. The van der Waals surface area contributed by atoms with E-state index in [1.807, 2.05) is 0 Å². The Labute approximate surface area is 136 Å². The number of imidazole rings is 1. The van der Waals surface area contributed by atoms with Crippen LogP contribution in [0, 0.1) is 0 Å². The molecular weight excluding hydrogens is 312 g/mol. The summed E-state index contributed by atoms with van der Waals surface area (Å²) in [6.07, 6.45) is 4.88. The Morgan fingerprint density at radius 3 is 2.96 bits per heavy atom. The first-order valence-electron chi connectivity index (χ1n) is 6.89. The van der Waals surface area contributed by atoms with E-state index in [0.717, 1.165) is 4.83 Å². The van der Waals surface area contributed by atoms with Gasteiger partial charge >= 0.3 is 0 Å². The molecule has 1 aromatic carbocycles. The van der Waals surface area contributed by atoms with Crippen molar-refractivity contribution in [2.45, 2.75) is 0 Å². The van der Waals surface area contributed by atoms with Crippen molar-refractivity contribution in [2.75, 3.05) is 11.9 Å². The molecule has 7 heteroatoms. The fourth-order valence-corrected chi connectivity index (χ4v) is 2.96. The predicted octanol–water partition coefficient (Wildman–Crippen LogP) is 2.56. The van der Waals surface area contributed by atoms with Crippen molar-refractivity contribution >= 4 is 33.7 Å². The first-order chi connectivity index (χ1) is 11.2. The molecule has 0 unspecified atom stereocenters. The smallest absolute Gasteiger partial charge is 0.273 e. The van der Waals surface area contributed by atoms with Crippen molar-refractivity contribution in [1.82, 2.24) is 14.7 Å². The molecule has 2 aromatic heterocycles. The molecule has 2 heterocycles. The van der Waals surface area contributed by atoms with Crippen LogP contribution in [0.1, 0.15) is 20.8 Å². The zero-order valence-electron chi connectivity index (χ0n) is 12.2. The predicted molar refractivity (Wildman–Crippen MR) is 90.0 cm³/mol. The number of nitrogens with one attached hydrogen (secondary N) is 2. The van der Waals surface area contributed by atoms with E-state index in [-0.39, 0.29) is 11.8 Å². The van der Waals surface area contributed by atoms with Gasteiger partial charge in [-0.1, -0.05) is 18.2 Å². The summed E-state index contributed by atoms with van der Waals surface area (Å²) >= 11 is 1.43. The van der Waals surface area contributed by atoms with E-state index in [1.54, 1.807) is 52.6 Å². The minimum atomic E-state index is -0.293. The zero-order valence-corrected chi connectivity index (χ0v) is 13.0. The zero-order chi connectivity index (χ0) is 16.2. The molecule has 2 amide bonds. The highest BCUT2D eigenvalue weighted by Crippen LogP contribution is 2.19. The lowest BCUT2D eigenvalue weighted by Gasteiger charge is -2.10. The van der Waals surface area contributed by atoms with Gasteiger partial charge in [-0.25, -0.2) is 4.98 Å². The number of carbonyl (C=O) groups is 2. The number of nitrogens with zero attached hydrogens (tertiary/aromatic N) is 2. The number of fused-ring (bicyclic) bond motifs is 1. The number of hydrogen-bond acceptors (Lipinski definition) is 4. The molecule has 23 heavy (non-hydrogen) atoms. The molecule has 0 spiro atoms. The SMILES string of the molecule is C=CCNC(=O)c1ccccc1NC(=O)c1csc2cncn12. The quantitative estimate of drug-likeness (QED) is 0.708. The summed E-state index contributed by atoms with van der Waals surface area (Å²) < 4.78 is 1.71. The number of amides is 2. The first-order valence-corrected chi connectivity index (χ1v) is 7.77. The summed E-state index contributed by atoms with van der Waals surface area (Å²) in [5.74, 6) is -0.558. The van der Waals surface area contributed by atoms with E-state index < -0.39 is 0 Å². The van der Waals surface area contributed by atoms with Crippen LogP contribution in [0.2, 0.25) is 0 Å². The second kappa shape index (κ2) is 6.45. The van der Waals surface area contributed by atoms with E-state index >= 15 is 0 Å². The number of para-hydroxylation sites is 1. The molecule has 6 nitrogen and oxygen atoms in total. The van der Waals surface area contributed by atoms with E-state index in [4.69, 9.17) is 0 Å². The molecule has 3 rings (SSSR count). The van der Waals surface area contributed by atoms with Gasteiger partial charge in [0.1, 0.15) is 16.9 Å². The number of rotatable bonds is 5. The van der Waals surface area contributed by atoms with Gasteiger partial charge < -0.3 is 10.6 Å². The maximum Gasteiger partial charge on any atom is 0.273 e. The van der Waals surface area contributed by atoms with Crippen LogP contribution < -0.4 is 10.6 Å². The van der Waals surface area contributed by atoms with Crippen molar-refractivity contribution in [3.05, 3.63) is 66.1 Å². The van der Waals surface area contributed by atoms with Crippen molar-refractivity contribution in [3.8, 4) is 0 Å². The molecule has 3 aromatic rings.